The number of rotatable bonds is 10. The van der Waals surface area contributed by atoms with Crippen molar-refractivity contribution < 1.29 is 22.8 Å². The fourth-order valence-electron chi connectivity index (χ4n) is 3.90. The first-order valence-electron chi connectivity index (χ1n) is 11.8. The van der Waals surface area contributed by atoms with Crippen molar-refractivity contribution in [2.24, 2.45) is 7.05 Å². The van der Waals surface area contributed by atoms with Crippen LogP contribution in [-0.4, -0.2) is 76.4 Å². The van der Waals surface area contributed by atoms with E-state index in [0.717, 1.165) is 17.1 Å². The number of alkyl halides is 3. The van der Waals surface area contributed by atoms with E-state index in [1.807, 2.05) is 54.9 Å². The van der Waals surface area contributed by atoms with Crippen LogP contribution in [0.1, 0.15) is 0 Å². The summed E-state index contributed by atoms with van der Waals surface area (Å²) in [5.74, 6) is 0.305. The predicted octanol–water partition coefficient (Wildman–Crippen LogP) is 4.62. The van der Waals surface area contributed by atoms with Gasteiger partial charge in [-0.15, -0.1) is 0 Å². The number of nitrogens with zero attached hydrogens (tertiary/aromatic N) is 7. The van der Waals surface area contributed by atoms with Crippen LogP contribution in [0.25, 0.3) is 22.6 Å². The molecule has 0 saturated carbocycles. The number of nitrogens with one attached hydrogen (secondary N) is 1. The molecule has 0 spiro atoms. The number of benzene rings is 2. The van der Waals surface area contributed by atoms with Crippen LogP contribution in [-0.2, 0) is 7.05 Å². The average molecular weight is 545 g/mol. The first kappa shape index (κ1) is 27.6. The zero-order valence-corrected chi connectivity index (χ0v) is 21.7. The molecule has 0 atom stereocenters. The molecule has 0 bridgehead atoms. The van der Waals surface area contributed by atoms with Crippen LogP contribution in [0.15, 0.2) is 48.7 Å². The fourth-order valence-corrected chi connectivity index (χ4v) is 3.90. The van der Waals surface area contributed by atoms with Crippen LogP contribution in [0.2, 0.25) is 0 Å². The molecule has 4 rings (SSSR count). The number of nitro benzene ring substituents is 1. The van der Waals surface area contributed by atoms with E-state index in [2.05, 4.69) is 20.3 Å². The van der Waals surface area contributed by atoms with Gasteiger partial charge in [-0.25, -0.2) is 15.0 Å². The summed E-state index contributed by atoms with van der Waals surface area (Å²) < 4.78 is 46.0. The van der Waals surface area contributed by atoms with E-state index in [1.54, 1.807) is 18.0 Å². The number of anilines is 3. The third kappa shape index (κ3) is 6.52. The van der Waals surface area contributed by atoms with E-state index in [0.29, 0.717) is 24.6 Å². The van der Waals surface area contributed by atoms with E-state index in [4.69, 9.17) is 4.74 Å². The van der Waals surface area contributed by atoms with Crippen molar-refractivity contribution >= 4 is 34.0 Å². The predicted molar refractivity (Wildman–Crippen MR) is 141 cm³/mol. The summed E-state index contributed by atoms with van der Waals surface area (Å²) >= 11 is 0. The van der Waals surface area contributed by atoms with E-state index in [1.165, 1.54) is 12.3 Å². The van der Waals surface area contributed by atoms with E-state index < -0.39 is 17.7 Å². The number of aryl methyl sites for hydroxylation is 1. The van der Waals surface area contributed by atoms with Crippen LogP contribution in [0.3, 0.4) is 0 Å². The van der Waals surface area contributed by atoms with Crippen LogP contribution in [0, 0.1) is 10.1 Å². The Morgan fingerprint density at radius 1 is 1.10 bits per heavy atom. The van der Waals surface area contributed by atoms with Crippen LogP contribution in [0.5, 0.6) is 5.75 Å². The number of aromatic nitrogens is 4. The van der Waals surface area contributed by atoms with Crippen molar-refractivity contribution in [3.63, 3.8) is 0 Å². The molecule has 2 heterocycles. The zero-order valence-electron chi connectivity index (χ0n) is 21.7. The molecule has 2 aromatic carbocycles. The van der Waals surface area contributed by atoms with Gasteiger partial charge in [0.2, 0.25) is 5.95 Å². The number of hydrogen-bond acceptors (Lipinski definition) is 9. The number of fused-ring (bicyclic) bond motifs is 1. The Bertz CT molecular complexity index is 1490. The third-order valence-corrected chi connectivity index (χ3v) is 5.88. The maximum atomic E-state index is 13.0. The van der Waals surface area contributed by atoms with Crippen molar-refractivity contribution in [2.75, 3.05) is 51.1 Å². The lowest BCUT2D eigenvalue weighted by Gasteiger charge is -2.23. The third-order valence-electron chi connectivity index (χ3n) is 5.88. The molecule has 4 aromatic rings. The molecule has 0 saturated heterocycles. The van der Waals surface area contributed by atoms with Gasteiger partial charge in [-0.2, -0.15) is 13.2 Å². The second-order valence-electron chi connectivity index (χ2n) is 9.10. The average Bonchev–Trinajstić information content (AvgIpc) is 3.22. The molecule has 0 radical (unpaired) electrons. The topological polar surface area (TPSA) is 114 Å². The highest BCUT2D eigenvalue weighted by Gasteiger charge is 2.30. The largest absolute Gasteiger partial charge is 0.482 e. The lowest BCUT2D eigenvalue weighted by Crippen LogP contribution is -2.29. The minimum atomic E-state index is -4.62. The molecule has 206 valence electrons. The number of hydrogen-bond donors (Lipinski definition) is 1. The first-order chi connectivity index (χ1) is 18.4. The van der Waals surface area contributed by atoms with E-state index in [9.17, 15) is 23.3 Å². The highest BCUT2D eigenvalue weighted by molar-refractivity contribution is 5.80. The Morgan fingerprint density at radius 3 is 2.51 bits per heavy atom. The van der Waals surface area contributed by atoms with E-state index >= 15 is 0 Å². The van der Waals surface area contributed by atoms with Crippen molar-refractivity contribution in [1.29, 1.82) is 0 Å². The smallest absolute Gasteiger partial charge is 0.422 e. The molecule has 0 unspecified atom stereocenters. The SMILES string of the molecule is CN(C)CCN(C)c1cc(OCC(F)(F)F)c(Nc2nccc(-c3nc4ccccc4n3C)n2)cc1[N+](=O)[O-]. The highest BCUT2D eigenvalue weighted by Crippen LogP contribution is 2.39. The lowest BCUT2D eigenvalue weighted by atomic mass is 10.2. The number of halogens is 3. The van der Waals surface area contributed by atoms with Crippen LogP contribution in [0.4, 0.5) is 36.2 Å². The molecule has 0 aliphatic heterocycles. The van der Waals surface area contributed by atoms with Crippen LogP contribution < -0.4 is 15.0 Å². The zero-order chi connectivity index (χ0) is 28.3. The monoisotopic (exact) mass is 544 g/mol. The molecule has 11 nitrogen and oxygen atoms in total. The Labute approximate surface area is 222 Å². The molecular formula is C25H27F3N8O3. The summed E-state index contributed by atoms with van der Waals surface area (Å²) in [5, 5.41) is 14.7. The summed E-state index contributed by atoms with van der Waals surface area (Å²) in [6.45, 7) is -0.626. The number of likely N-dealkylation sites (N-methyl/N-ethyl adjacent to an activating group) is 2. The number of para-hydroxylation sites is 2. The summed E-state index contributed by atoms with van der Waals surface area (Å²) in [5.41, 5.74) is 1.79. The Hall–Kier alpha value is -4.46. The molecule has 0 aliphatic rings. The van der Waals surface area contributed by atoms with Crippen LogP contribution >= 0.6 is 0 Å². The molecule has 39 heavy (non-hydrogen) atoms. The molecule has 0 amide bonds. The number of nitro groups is 1. The van der Waals surface area contributed by atoms with Crippen molar-refractivity contribution in [2.45, 2.75) is 6.18 Å². The Kier molecular flexibility index (Phi) is 7.85. The van der Waals surface area contributed by atoms with Gasteiger partial charge in [-0.1, -0.05) is 12.1 Å². The van der Waals surface area contributed by atoms with Gasteiger partial charge in [0.05, 0.1) is 21.6 Å². The van der Waals surface area contributed by atoms with Gasteiger partial charge in [-0.05, 0) is 32.3 Å². The molecule has 1 N–H and O–H groups in total. The molecule has 0 fully saturated rings. The summed E-state index contributed by atoms with van der Waals surface area (Å²) in [6, 6.07) is 11.5. The minimum absolute atomic E-state index is 0.000532. The van der Waals surface area contributed by atoms with Gasteiger partial charge in [0, 0.05) is 45.5 Å². The summed E-state index contributed by atoms with van der Waals surface area (Å²) in [6.07, 6.45) is -3.16. The first-order valence-corrected chi connectivity index (χ1v) is 11.8. The van der Waals surface area contributed by atoms with Gasteiger partial charge < -0.3 is 24.4 Å². The van der Waals surface area contributed by atoms with Crippen molar-refractivity contribution in [3.8, 4) is 17.3 Å². The van der Waals surface area contributed by atoms with Gasteiger partial charge in [0.25, 0.3) is 5.69 Å². The van der Waals surface area contributed by atoms with Crippen molar-refractivity contribution in [1.82, 2.24) is 24.4 Å². The second kappa shape index (κ2) is 11.1. The molecule has 2 aromatic heterocycles. The number of ether oxygens (including phenoxy) is 1. The second-order valence-corrected chi connectivity index (χ2v) is 9.10. The van der Waals surface area contributed by atoms with Crippen molar-refractivity contribution in [3.05, 3.63) is 58.8 Å². The Balaban J connectivity index is 1.73. The normalized spacial score (nSPS) is 11.7. The quantitative estimate of drug-likeness (QED) is 0.226. The number of imidazole rings is 1. The molecule has 0 aliphatic carbocycles. The maximum absolute atomic E-state index is 13.0. The van der Waals surface area contributed by atoms with Gasteiger partial charge >= 0.3 is 6.18 Å². The van der Waals surface area contributed by atoms with Gasteiger partial charge in [0.1, 0.15) is 17.1 Å². The molecule has 14 heteroatoms. The standard InChI is InChI=1S/C25H27F3N8O3/c1-33(2)11-12-34(3)20-14-22(39-15-25(26,27)28)18(13-21(20)36(37)38)32-24-29-10-9-17(31-24)23-30-16-7-5-6-8-19(16)35(23)4/h5-10,13-14H,11-12,15H2,1-4H3,(H,29,31,32). The fraction of sp³-hybridized carbons (Fsp3) is 0.320. The van der Waals surface area contributed by atoms with E-state index in [-0.39, 0.29) is 28.8 Å². The Morgan fingerprint density at radius 2 is 1.85 bits per heavy atom. The lowest BCUT2D eigenvalue weighted by molar-refractivity contribution is -0.384. The maximum Gasteiger partial charge on any atom is 0.422 e. The van der Waals surface area contributed by atoms with Gasteiger partial charge in [0.15, 0.2) is 12.4 Å². The molecular weight excluding hydrogens is 517 g/mol. The minimum Gasteiger partial charge on any atom is -0.482 e. The summed E-state index contributed by atoms with van der Waals surface area (Å²) in [7, 11) is 7.14. The summed E-state index contributed by atoms with van der Waals surface area (Å²) in [4.78, 5) is 28.0. The van der Waals surface area contributed by atoms with Gasteiger partial charge in [-0.3, -0.25) is 10.1 Å². The highest BCUT2D eigenvalue weighted by atomic mass is 19.4.